The van der Waals surface area contributed by atoms with Crippen LogP contribution >= 0.6 is 0 Å². The summed E-state index contributed by atoms with van der Waals surface area (Å²) in [6, 6.07) is 14.7. The van der Waals surface area contributed by atoms with Crippen LogP contribution in [-0.4, -0.2) is 90.4 Å². The van der Waals surface area contributed by atoms with Crippen molar-refractivity contribution >= 4 is 52.2 Å². The molecule has 1 heterocycles. The summed E-state index contributed by atoms with van der Waals surface area (Å²) in [4.78, 5) is 76.4. The van der Waals surface area contributed by atoms with E-state index in [1.165, 1.54) is 12.1 Å². The number of rotatable bonds is 12. The molecule has 0 aliphatic carbocycles. The van der Waals surface area contributed by atoms with Crippen molar-refractivity contribution in [3.8, 4) is 5.75 Å². The van der Waals surface area contributed by atoms with Gasteiger partial charge in [-0.25, -0.2) is 0 Å². The first kappa shape index (κ1) is 39.4. The van der Waals surface area contributed by atoms with Gasteiger partial charge in [0, 0.05) is 25.9 Å². The topological polar surface area (TPSA) is 295 Å². The Labute approximate surface area is 306 Å². The number of aromatic hydroxyl groups is 1. The third-order valence-electron chi connectivity index (χ3n) is 8.49. The maximum absolute atomic E-state index is 13.9. The zero-order valence-corrected chi connectivity index (χ0v) is 29.2. The molecule has 1 aliphatic heterocycles. The first-order valence-corrected chi connectivity index (χ1v) is 17.2. The molecule has 17 heteroatoms. The molecule has 1 aliphatic rings. The Hall–Kier alpha value is -6.39. The molecule has 3 aromatic rings. The molecule has 17 nitrogen and oxygen atoms in total. The van der Waals surface area contributed by atoms with Crippen LogP contribution in [0, 0.1) is 0 Å². The molecule has 5 amide bonds. The number of guanidine groups is 2. The Morgan fingerprint density at radius 3 is 1.68 bits per heavy atom. The van der Waals surface area contributed by atoms with Crippen LogP contribution in [0.3, 0.4) is 0 Å². The third kappa shape index (κ3) is 12.7. The lowest BCUT2D eigenvalue weighted by atomic mass is 10.0. The number of phenolic OH excluding ortho intramolecular Hbond substituents is 1. The molecule has 53 heavy (non-hydrogen) atoms. The molecule has 14 N–H and O–H groups in total. The molecule has 0 radical (unpaired) electrons. The van der Waals surface area contributed by atoms with Gasteiger partial charge in [0.1, 0.15) is 29.9 Å². The second-order valence-corrected chi connectivity index (χ2v) is 12.7. The number of nitrogens with zero attached hydrogens (tertiary/aromatic N) is 2. The molecule has 0 aromatic heterocycles. The number of nitrogens with two attached hydrogens (primary N) is 4. The lowest BCUT2D eigenvalue weighted by Gasteiger charge is -2.26. The maximum Gasteiger partial charge on any atom is 0.243 e. The van der Waals surface area contributed by atoms with Crippen molar-refractivity contribution in [2.24, 2.45) is 32.9 Å². The summed E-state index contributed by atoms with van der Waals surface area (Å²) < 4.78 is 0. The molecule has 0 saturated carbocycles. The van der Waals surface area contributed by atoms with E-state index >= 15 is 0 Å². The van der Waals surface area contributed by atoms with Gasteiger partial charge >= 0.3 is 0 Å². The van der Waals surface area contributed by atoms with Gasteiger partial charge in [0.25, 0.3) is 0 Å². The van der Waals surface area contributed by atoms with Crippen molar-refractivity contribution in [1.82, 2.24) is 26.6 Å². The van der Waals surface area contributed by atoms with Crippen molar-refractivity contribution in [3.05, 3.63) is 77.9 Å². The monoisotopic (exact) mass is 729 g/mol. The van der Waals surface area contributed by atoms with Gasteiger partial charge < -0.3 is 54.6 Å². The van der Waals surface area contributed by atoms with Crippen LogP contribution in [0.1, 0.15) is 36.8 Å². The van der Waals surface area contributed by atoms with Crippen LogP contribution in [0.15, 0.2) is 76.7 Å². The van der Waals surface area contributed by atoms with Gasteiger partial charge in [-0.15, -0.1) is 0 Å². The van der Waals surface area contributed by atoms with Crippen molar-refractivity contribution in [3.63, 3.8) is 0 Å². The molecular weight excluding hydrogens is 682 g/mol. The van der Waals surface area contributed by atoms with E-state index in [2.05, 4.69) is 36.6 Å². The fraction of sp³-hybridized carbons (Fsp3) is 0.361. The van der Waals surface area contributed by atoms with E-state index < -0.39 is 60.2 Å². The minimum atomic E-state index is -1.19. The van der Waals surface area contributed by atoms with Crippen molar-refractivity contribution in [1.29, 1.82) is 0 Å². The highest BCUT2D eigenvalue weighted by Crippen LogP contribution is 2.17. The maximum atomic E-state index is 13.9. The summed E-state index contributed by atoms with van der Waals surface area (Å²) in [5, 5.41) is 25.1. The standard InChI is InChI=1S/C36H47N11O6/c37-35(38)41-15-3-7-26-32(51)45-27(8-4-16-42-36(39)40)33(52)47-28(18-21-10-13-25(48)14-11-21)31(50)43-20-30(49)44-29(34(53)46-26)19-22-9-12-23-5-1-2-6-24(23)17-22/h1-2,5-6,9-14,17,26-29,48H,3-4,7-8,15-16,18-20H2,(H,43,50)(H,44,49)(H,45,51)(H,46,53)(H,47,52)(H4,37,38,41)(H4,39,40,42)/t26-,27+,28+,29+/m0/s1. The molecule has 282 valence electrons. The number of hydrogen-bond acceptors (Lipinski definition) is 8. The summed E-state index contributed by atoms with van der Waals surface area (Å²) in [6.07, 6.45) is 0.769. The number of benzene rings is 3. The quantitative estimate of drug-likeness (QED) is 0.0585. The van der Waals surface area contributed by atoms with E-state index in [-0.39, 0.29) is 69.3 Å². The summed E-state index contributed by atoms with van der Waals surface area (Å²) in [6.45, 7) is -0.194. The zero-order valence-electron chi connectivity index (χ0n) is 29.2. The van der Waals surface area contributed by atoms with Gasteiger partial charge in [-0.2, -0.15) is 0 Å². The molecule has 0 unspecified atom stereocenters. The number of aliphatic imine (C=N–C) groups is 2. The highest BCUT2D eigenvalue weighted by molar-refractivity contribution is 5.97. The number of fused-ring (bicyclic) bond motifs is 1. The van der Waals surface area contributed by atoms with Crippen LogP contribution in [-0.2, 0) is 36.8 Å². The normalized spacial score (nSPS) is 20.0. The van der Waals surface area contributed by atoms with E-state index in [0.29, 0.717) is 5.56 Å². The van der Waals surface area contributed by atoms with Crippen LogP contribution in [0.25, 0.3) is 10.8 Å². The fourth-order valence-corrected chi connectivity index (χ4v) is 5.79. The highest BCUT2D eigenvalue weighted by Gasteiger charge is 2.32. The van der Waals surface area contributed by atoms with E-state index in [4.69, 9.17) is 22.9 Å². The van der Waals surface area contributed by atoms with E-state index in [1.807, 2.05) is 42.5 Å². The number of carbonyl (C=O) groups excluding carboxylic acids is 5. The Bertz CT molecular complexity index is 1820. The van der Waals surface area contributed by atoms with Crippen LogP contribution < -0.4 is 49.5 Å². The van der Waals surface area contributed by atoms with Crippen molar-refractivity contribution < 1.29 is 29.1 Å². The molecule has 1 saturated heterocycles. The molecule has 3 aromatic carbocycles. The van der Waals surface area contributed by atoms with Crippen LogP contribution in [0.5, 0.6) is 5.75 Å². The molecule has 4 rings (SSSR count). The Balaban J connectivity index is 1.68. The number of phenols is 1. The van der Waals surface area contributed by atoms with E-state index in [9.17, 15) is 29.1 Å². The summed E-state index contributed by atoms with van der Waals surface area (Å²) in [5.41, 5.74) is 23.2. The average Bonchev–Trinajstić information content (AvgIpc) is 3.12. The van der Waals surface area contributed by atoms with Crippen molar-refractivity contribution in [2.45, 2.75) is 62.7 Å². The van der Waals surface area contributed by atoms with Gasteiger partial charge in [-0.1, -0.05) is 54.6 Å². The Morgan fingerprint density at radius 2 is 1.09 bits per heavy atom. The SMILES string of the molecule is NC(N)=NCCC[C@@H]1NC(=O)[C@@H](Cc2ccc3ccccc3c2)NC(=O)CNC(=O)[C@@H](Cc2ccc(O)cc2)NC(=O)[C@@H](CCCN=C(N)N)NC1=O. The number of amides is 5. The smallest absolute Gasteiger partial charge is 0.243 e. The fourth-order valence-electron chi connectivity index (χ4n) is 5.79. The largest absolute Gasteiger partial charge is 0.508 e. The second-order valence-electron chi connectivity index (χ2n) is 12.7. The van der Waals surface area contributed by atoms with Gasteiger partial charge in [-0.05, 0) is 59.7 Å². The van der Waals surface area contributed by atoms with E-state index in [0.717, 1.165) is 16.3 Å². The number of carbonyl (C=O) groups is 5. The van der Waals surface area contributed by atoms with Gasteiger partial charge in [0.05, 0.1) is 6.54 Å². The van der Waals surface area contributed by atoms with Crippen LogP contribution in [0.2, 0.25) is 0 Å². The molecular formula is C36H47N11O6. The Morgan fingerprint density at radius 1 is 0.604 bits per heavy atom. The molecule has 0 bridgehead atoms. The second kappa shape index (κ2) is 19.3. The van der Waals surface area contributed by atoms with Crippen molar-refractivity contribution in [2.75, 3.05) is 19.6 Å². The summed E-state index contributed by atoms with van der Waals surface area (Å²) in [7, 11) is 0. The lowest BCUT2D eigenvalue weighted by molar-refractivity contribution is -0.134. The number of hydrogen-bond donors (Lipinski definition) is 10. The average molecular weight is 730 g/mol. The van der Waals surface area contributed by atoms with Gasteiger partial charge in [0.2, 0.25) is 29.5 Å². The minimum Gasteiger partial charge on any atom is -0.508 e. The predicted octanol–water partition coefficient (Wildman–Crippen LogP) is -1.49. The van der Waals surface area contributed by atoms with Crippen LogP contribution in [0.4, 0.5) is 0 Å². The first-order valence-electron chi connectivity index (χ1n) is 17.2. The van der Waals surface area contributed by atoms with E-state index in [1.54, 1.807) is 12.1 Å². The highest BCUT2D eigenvalue weighted by atomic mass is 16.3. The molecule has 1 fully saturated rings. The molecule has 4 atom stereocenters. The summed E-state index contributed by atoms with van der Waals surface area (Å²) in [5.74, 6) is -3.66. The Kier molecular flexibility index (Phi) is 14.3. The molecule has 0 spiro atoms. The predicted molar refractivity (Wildman–Crippen MR) is 200 cm³/mol. The lowest BCUT2D eigenvalue weighted by Crippen LogP contribution is -2.58. The third-order valence-corrected chi connectivity index (χ3v) is 8.49. The van der Waals surface area contributed by atoms with Gasteiger partial charge in [0.15, 0.2) is 11.9 Å². The summed E-state index contributed by atoms with van der Waals surface area (Å²) >= 11 is 0. The van der Waals surface area contributed by atoms with Gasteiger partial charge in [-0.3, -0.25) is 34.0 Å². The zero-order chi connectivity index (χ0) is 38.3. The number of nitrogens with one attached hydrogen (secondary N) is 5. The minimum absolute atomic E-state index is 0.00775. The first-order chi connectivity index (χ1) is 25.4.